The van der Waals surface area contributed by atoms with Crippen LogP contribution in [0, 0.1) is 17.8 Å². The number of allylic oxidation sites excluding steroid dienone is 1. The van der Waals surface area contributed by atoms with E-state index in [4.69, 9.17) is 18.9 Å². The molecule has 0 bridgehead atoms. The zero-order chi connectivity index (χ0) is 26.8. The summed E-state index contributed by atoms with van der Waals surface area (Å²) in [5, 5.41) is 0. The number of methoxy groups -OCH3 is 1. The average molecular weight is 526 g/mol. The van der Waals surface area contributed by atoms with Crippen LogP contribution in [0.25, 0.3) is 0 Å². The van der Waals surface area contributed by atoms with E-state index < -0.39 is 36.3 Å². The third-order valence-corrected chi connectivity index (χ3v) is 7.78. The van der Waals surface area contributed by atoms with Crippen molar-refractivity contribution in [1.82, 2.24) is 0 Å². The first-order chi connectivity index (χ1) is 19.2. The minimum absolute atomic E-state index is 0.191. The van der Waals surface area contributed by atoms with E-state index in [1.54, 1.807) is 19.2 Å². The number of imide groups is 1. The quantitative estimate of drug-likeness (QED) is 0.391. The van der Waals surface area contributed by atoms with Gasteiger partial charge in [0.2, 0.25) is 18.1 Å². The molecule has 5 unspecified atom stereocenters. The summed E-state index contributed by atoms with van der Waals surface area (Å²) >= 11 is 0. The number of benzene rings is 3. The lowest BCUT2D eigenvalue weighted by Gasteiger charge is -2.46. The highest BCUT2D eigenvalue weighted by molar-refractivity contribution is 6.22. The second-order valence-corrected chi connectivity index (χ2v) is 10.1. The van der Waals surface area contributed by atoms with Crippen LogP contribution in [-0.4, -0.2) is 37.4 Å². The lowest BCUT2D eigenvalue weighted by atomic mass is 9.71. The normalized spacial score (nSPS) is 27.9. The molecular formula is C32H31NO6. The summed E-state index contributed by atoms with van der Waals surface area (Å²) in [5.41, 5.74) is 2.57. The van der Waals surface area contributed by atoms with Crippen molar-refractivity contribution >= 4 is 17.5 Å². The third kappa shape index (κ3) is 4.89. The molecule has 3 aromatic rings. The molecule has 7 heteroatoms. The first-order valence-electron chi connectivity index (χ1n) is 13.3. The molecule has 2 heterocycles. The largest absolute Gasteiger partial charge is 0.466 e. The molecule has 3 aliphatic rings. The van der Waals surface area contributed by atoms with E-state index in [1.165, 1.54) is 4.90 Å². The predicted octanol–water partition coefficient (Wildman–Crippen LogP) is 4.87. The summed E-state index contributed by atoms with van der Waals surface area (Å²) in [4.78, 5) is 28.8. The molecule has 0 radical (unpaired) electrons. The molecule has 2 saturated heterocycles. The molecule has 6 rings (SSSR count). The molecule has 1 aliphatic carbocycles. The number of rotatable bonds is 8. The van der Waals surface area contributed by atoms with Gasteiger partial charge in [-0.2, -0.15) is 0 Å². The fourth-order valence-electron chi connectivity index (χ4n) is 5.93. The Balaban J connectivity index is 1.35. The first kappa shape index (κ1) is 25.5. The van der Waals surface area contributed by atoms with Gasteiger partial charge in [0.05, 0.1) is 36.7 Å². The standard InChI is InChI=1S/C32H31NO6/c1-36-32-29(38-20-22-13-7-3-8-14-22)28(37-19-21-11-5-2-6-12-21)27-25(39-32)18-17-24-26(27)31(35)33(30(24)34)23-15-9-4-10-16-23/h2-16,18,24,26-29,32H,17,19-20H2,1H3/t24?,26?,27?,28-,29?,32?/m0/s1. The van der Waals surface area contributed by atoms with Crippen molar-refractivity contribution in [3.63, 3.8) is 0 Å². The summed E-state index contributed by atoms with van der Waals surface area (Å²) in [5.74, 6) is -1.42. The van der Waals surface area contributed by atoms with Gasteiger partial charge in [-0.25, -0.2) is 0 Å². The fraction of sp³-hybridized carbons (Fsp3) is 0.312. The van der Waals surface area contributed by atoms with Crippen molar-refractivity contribution < 1.29 is 28.5 Å². The Morgan fingerprint density at radius 1 is 0.744 bits per heavy atom. The van der Waals surface area contributed by atoms with Gasteiger partial charge in [0.1, 0.15) is 18.0 Å². The van der Waals surface area contributed by atoms with Gasteiger partial charge in [0.15, 0.2) is 0 Å². The molecule has 200 valence electrons. The summed E-state index contributed by atoms with van der Waals surface area (Å²) in [7, 11) is 1.58. The lowest BCUT2D eigenvalue weighted by Crippen LogP contribution is -2.56. The molecule has 6 atom stereocenters. The van der Waals surface area contributed by atoms with E-state index in [1.807, 2.05) is 84.9 Å². The summed E-state index contributed by atoms with van der Waals surface area (Å²) < 4.78 is 25.1. The Morgan fingerprint density at radius 3 is 1.90 bits per heavy atom. The number of fused-ring (bicyclic) bond motifs is 3. The number of carbonyl (C=O) groups excluding carboxylic acids is 2. The number of ether oxygens (including phenoxy) is 4. The SMILES string of the molecule is COC1OC2=CCC3C(=O)N(c4ccccc4)C(=O)C3C2[C@H](OCc2ccccc2)C1OCc1ccccc1. The molecule has 2 amide bonds. The molecule has 2 aliphatic heterocycles. The van der Waals surface area contributed by atoms with Crippen LogP contribution in [0.3, 0.4) is 0 Å². The average Bonchev–Trinajstić information content (AvgIpc) is 3.25. The third-order valence-electron chi connectivity index (χ3n) is 7.78. The second kappa shape index (κ2) is 11.1. The van der Waals surface area contributed by atoms with E-state index >= 15 is 0 Å². The Kier molecular flexibility index (Phi) is 7.28. The zero-order valence-corrected chi connectivity index (χ0v) is 21.7. The number of nitrogens with zero attached hydrogens (tertiary/aromatic N) is 1. The molecule has 0 saturated carbocycles. The number of hydrogen-bond donors (Lipinski definition) is 0. The highest BCUT2D eigenvalue weighted by Gasteiger charge is 2.60. The summed E-state index contributed by atoms with van der Waals surface area (Å²) in [6.07, 6.45) is 0.393. The summed E-state index contributed by atoms with van der Waals surface area (Å²) in [6.45, 7) is 0.641. The van der Waals surface area contributed by atoms with E-state index in [2.05, 4.69) is 0 Å². The van der Waals surface area contributed by atoms with Crippen LogP contribution in [-0.2, 0) is 41.8 Å². The maximum atomic E-state index is 14.0. The van der Waals surface area contributed by atoms with Crippen LogP contribution < -0.4 is 4.90 Å². The van der Waals surface area contributed by atoms with Gasteiger partial charge >= 0.3 is 0 Å². The Morgan fingerprint density at radius 2 is 1.31 bits per heavy atom. The lowest BCUT2D eigenvalue weighted by molar-refractivity contribution is -0.260. The smallest absolute Gasteiger partial charge is 0.238 e. The predicted molar refractivity (Wildman–Crippen MR) is 144 cm³/mol. The van der Waals surface area contributed by atoms with Crippen molar-refractivity contribution in [2.75, 3.05) is 12.0 Å². The number of anilines is 1. The van der Waals surface area contributed by atoms with Crippen molar-refractivity contribution in [2.24, 2.45) is 17.8 Å². The molecular weight excluding hydrogens is 494 g/mol. The van der Waals surface area contributed by atoms with Crippen LogP contribution in [0.15, 0.2) is 103 Å². The number of amides is 2. The number of hydrogen-bond acceptors (Lipinski definition) is 6. The molecule has 3 aromatic carbocycles. The van der Waals surface area contributed by atoms with Gasteiger partial charge in [-0.05, 0) is 35.8 Å². The fourth-order valence-corrected chi connectivity index (χ4v) is 5.93. The van der Waals surface area contributed by atoms with Gasteiger partial charge in [-0.3, -0.25) is 14.5 Å². The highest BCUT2D eigenvalue weighted by Crippen LogP contribution is 2.49. The maximum Gasteiger partial charge on any atom is 0.238 e. The molecule has 39 heavy (non-hydrogen) atoms. The van der Waals surface area contributed by atoms with Crippen LogP contribution in [0.4, 0.5) is 5.69 Å². The molecule has 0 spiro atoms. The van der Waals surface area contributed by atoms with Crippen molar-refractivity contribution in [3.8, 4) is 0 Å². The van der Waals surface area contributed by atoms with Gasteiger partial charge in [-0.15, -0.1) is 0 Å². The monoisotopic (exact) mass is 525 g/mol. The number of para-hydroxylation sites is 1. The van der Waals surface area contributed by atoms with Crippen molar-refractivity contribution in [2.45, 2.75) is 38.1 Å². The van der Waals surface area contributed by atoms with Crippen LogP contribution in [0.1, 0.15) is 17.5 Å². The molecule has 0 aromatic heterocycles. The maximum absolute atomic E-state index is 14.0. The van der Waals surface area contributed by atoms with Crippen LogP contribution in [0.5, 0.6) is 0 Å². The molecule has 2 fully saturated rings. The van der Waals surface area contributed by atoms with Crippen LogP contribution >= 0.6 is 0 Å². The highest BCUT2D eigenvalue weighted by atomic mass is 16.7. The van der Waals surface area contributed by atoms with Crippen LogP contribution in [0.2, 0.25) is 0 Å². The van der Waals surface area contributed by atoms with E-state index in [9.17, 15) is 9.59 Å². The second-order valence-electron chi connectivity index (χ2n) is 10.1. The van der Waals surface area contributed by atoms with Gasteiger partial charge < -0.3 is 18.9 Å². The van der Waals surface area contributed by atoms with E-state index in [0.29, 0.717) is 31.1 Å². The topological polar surface area (TPSA) is 74.3 Å². The van der Waals surface area contributed by atoms with Crippen molar-refractivity contribution in [1.29, 1.82) is 0 Å². The Labute approximate surface area is 227 Å². The first-order valence-corrected chi connectivity index (χ1v) is 13.3. The molecule has 0 N–H and O–H groups in total. The van der Waals surface area contributed by atoms with E-state index in [0.717, 1.165) is 11.1 Å². The zero-order valence-electron chi connectivity index (χ0n) is 21.7. The minimum Gasteiger partial charge on any atom is -0.466 e. The van der Waals surface area contributed by atoms with Gasteiger partial charge in [0.25, 0.3) is 0 Å². The number of carbonyl (C=O) groups is 2. The van der Waals surface area contributed by atoms with E-state index in [-0.39, 0.29) is 11.8 Å². The van der Waals surface area contributed by atoms with Gasteiger partial charge in [0, 0.05) is 7.11 Å². The minimum atomic E-state index is -0.731. The van der Waals surface area contributed by atoms with Gasteiger partial charge in [-0.1, -0.05) is 78.9 Å². The Hall–Kier alpha value is -3.78. The molecule has 7 nitrogen and oxygen atoms in total. The summed E-state index contributed by atoms with van der Waals surface area (Å²) in [6, 6.07) is 28.8. The Bertz CT molecular complexity index is 1330. The van der Waals surface area contributed by atoms with Crippen molar-refractivity contribution in [3.05, 3.63) is 114 Å².